The van der Waals surface area contributed by atoms with Gasteiger partial charge < -0.3 is 19.3 Å². The van der Waals surface area contributed by atoms with Crippen LogP contribution in [0.5, 0.6) is 23.0 Å². The second-order valence-corrected chi connectivity index (χ2v) is 7.00. The van der Waals surface area contributed by atoms with Crippen LogP contribution in [0.4, 0.5) is 0 Å². The summed E-state index contributed by atoms with van der Waals surface area (Å²) in [5.74, 6) is 2.19. The maximum absolute atomic E-state index is 9.96. The Kier molecular flexibility index (Phi) is 5.01. The van der Waals surface area contributed by atoms with Crippen molar-refractivity contribution in [2.45, 2.75) is 20.5 Å². The molecule has 5 nitrogen and oxygen atoms in total. The molecule has 0 aromatic heterocycles. The Hall–Kier alpha value is -3.65. The van der Waals surface area contributed by atoms with Crippen molar-refractivity contribution in [3.05, 3.63) is 70.8 Å². The number of phenols is 1. The minimum Gasteiger partial charge on any atom is -0.508 e. The van der Waals surface area contributed by atoms with Crippen molar-refractivity contribution in [1.82, 2.24) is 0 Å². The normalized spacial score (nSPS) is 12.3. The number of aromatic hydroxyl groups is 1. The molecule has 3 aromatic rings. The highest BCUT2D eigenvalue weighted by atomic mass is 16.6. The second-order valence-electron chi connectivity index (χ2n) is 7.00. The van der Waals surface area contributed by atoms with E-state index in [9.17, 15) is 10.4 Å². The van der Waals surface area contributed by atoms with Crippen LogP contribution in [0.2, 0.25) is 0 Å². The average molecular weight is 387 g/mol. The summed E-state index contributed by atoms with van der Waals surface area (Å²) >= 11 is 0. The summed E-state index contributed by atoms with van der Waals surface area (Å²) in [6.45, 7) is 5.05. The molecule has 0 fully saturated rings. The van der Waals surface area contributed by atoms with Gasteiger partial charge in [0.15, 0.2) is 11.5 Å². The van der Waals surface area contributed by atoms with Gasteiger partial charge in [0.25, 0.3) is 0 Å². The number of rotatable bonds is 4. The maximum Gasteiger partial charge on any atom is 0.161 e. The zero-order valence-electron chi connectivity index (χ0n) is 16.4. The lowest BCUT2D eigenvalue weighted by atomic mass is 9.96. The molecule has 0 bridgehead atoms. The minimum atomic E-state index is 0.191. The highest BCUT2D eigenvalue weighted by Gasteiger charge is 2.16. The van der Waals surface area contributed by atoms with E-state index in [0.29, 0.717) is 36.0 Å². The Morgan fingerprint density at radius 1 is 1.00 bits per heavy atom. The fraction of sp³-hybridized carbons (Fsp3) is 0.208. The van der Waals surface area contributed by atoms with Crippen LogP contribution in [0.3, 0.4) is 0 Å². The van der Waals surface area contributed by atoms with E-state index in [2.05, 4.69) is 6.07 Å². The number of benzene rings is 3. The number of nitriles is 1. The fourth-order valence-corrected chi connectivity index (χ4v) is 3.44. The molecule has 0 atom stereocenters. The number of phenolic OH excluding ortho intramolecular Hbond substituents is 1. The highest BCUT2D eigenvalue weighted by molar-refractivity contribution is 5.74. The van der Waals surface area contributed by atoms with Crippen LogP contribution in [0, 0.1) is 25.2 Å². The van der Waals surface area contributed by atoms with Crippen LogP contribution < -0.4 is 14.2 Å². The summed E-state index contributed by atoms with van der Waals surface area (Å²) in [7, 11) is 0. The molecule has 4 rings (SSSR count). The number of aryl methyl sites for hydroxylation is 2. The number of fused-ring (bicyclic) bond motifs is 1. The molecule has 1 aliphatic heterocycles. The Labute approximate surface area is 169 Å². The topological polar surface area (TPSA) is 71.7 Å². The molecule has 0 aliphatic carbocycles. The number of ether oxygens (including phenoxy) is 3. The van der Waals surface area contributed by atoms with E-state index in [0.717, 1.165) is 27.8 Å². The molecule has 1 aliphatic rings. The molecule has 1 heterocycles. The molecule has 5 heteroatoms. The Morgan fingerprint density at radius 3 is 2.59 bits per heavy atom. The second kappa shape index (κ2) is 7.76. The summed E-state index contributed by atoms with van der Waals surface area (Å²) in [6, 6.07) is 17.2. The van der Waals surface area contributed by atoms with Gasteiger partial charge in [-0.3, -0.25) is 0 Å². The smallest absolute Gasteiger partial charge is 0.161 e. The number of hydrogen-bond acceptors (Lipinski definition) is 5. The Balaban J connectivity index is 1.65. The van der Waals surface area contributed by atoms with Crippen molar-refractivity contribution >= 4 is 0 Å². The molecule has 146 valence electrons. The molecule has 0 saturated heterocycles. The van der Waals surface area contributed by atoms with Gasteiger partial charge in [-0.1, -0.05) is 24.3 Å². The standard InChI is InChI=1S/C24H21NO4/c1-15-10-16(2)23(12-21(15)26)29-14-18-4-3-5-19(20(18)13-25)17-6-7-22-24(11-17)28-9-8-27-22/h3-7,10-12,26H,8-9,14H2,1-2H3. The minimum absolute atomic E-state index is 0.191. The summed E-state index contributed by atoms with van der Waals surface area (Å²) in [4.78, 5) is 0. The van der Waals surface area contributed by atoms with Gasteiger partial charge in [-0.15, -0.1) is 0 Å². The van der Waals surface area contributed by atoms with Crippen LogP contribution in [0.1, 0.15) is 22.3 Å². The van der Waals surface area contributed by atoms with E-state index >= 15 is 0 Å². The van der Waals surface area contributed by atoms with Crippen LogP contribution in [-0.2, 0) is 6.61 Å². The molecule has 0 amide bonds. The zero-order valence-corrected chi connectivity index (χ0v) is 16.4. The van der Waals surface area contributed by atoms with E-state index in [1.54, 1.807) is 6.07 Å². The van der Waals surface area contributed by atoms with Gasteiger partial charge in [-0.25, -0.2) is 0 Å². The van der Waals surface area contributed by atoms with Crippen molar-refractivity contribution in [1.29, 1.82) is 5.26 Å². The first kappa shape index (κ1) is 18.7. The lowest BCUT2D eigenvalue weighted by Crippen LogP contribution is -2.15. The Bertz CT molecular complexity index is 1110. The van der Waals surface area contributed by atoms with Gasteiger partial charge in [0, 0.05) is 11.6 Å². The molecule has 0 saturated carbocycles. The first-order valence-corrected chi connectivity index (χ1v) is 9.42. The van der Waals surface area contributed by atoms with E-state index in [1.165, 1.54) is 0 Å². The summed E-state index contributed by atoms with van der Waals surface area (Å²) in [5, 5.41) is 19.8. The SMILES string of the molecule is Cc1cc(C)c(OCc2cccc(-c3ccc4c(c3)OCCO4)c2C#N)cc1O. The molecule has 1 N–H and O–H groups in total. The first-order chi connectivity index (χ1) is 14.1. The quantitative estimate of drug-likeness (QED) is 0.689. The molecule has 29 heavy (non-hydrogen) atoms. The van der Waals surface area contributed by atoms with Crippen LogP contribution in [0.15, 0.2) is 48.5 Å². The van der Waals surface area contributed by atoms with Crippen LogP contribution in [-0.4, -0.2) is 18.3 Å². The molecular weight excluding hydrogens is 366 g/mol. The van der Waals surface area contributed by atoms with Crippen molar-refractivity contribution in [2.75, 3.05) is 13.2 Å². The molecular formula is C24H21NO4. The van der Waals surface area contributed by atoms with Gasteiger partial charge in [-0.2, -0.15) is 5.26 Å². The first-order valence-electron chi connectivity index (χ1n) is 9.42. The van der Waals surface area contributed by atoms with Crippen LogP contribution in [0.25, 0.3) is 11.1 Å². The van der Waals surface area contributed by atoms with Crippen molar-refractivity contribution in [3.8, 4) is 40.2 Å². The third kappa shape index (κ3) is 3.70. The van der Waals surface area contributed by atoms with Gasteiger partial charge in [-0.05, 0) is 54.3 Å². The van der Waals surface area contributed by atoms with Crippen molar-refractivity contribution in [3.63, 3.8) is 0 Å². The lowest BCUT2D eigenvalue weighted by molar-refractivity contribution is 0.171. The van der Waals surface area contributed by atoms with Gasteiger partial charge in [0.05, 0.1) is 5.56 Å². The summed E-state index contributed by atoms with van der Waals surface area (Å²) < 4.78 is 17.2. The summed E-state index contributed by atoms with van der Waals surface area (Å²) in [5.41, 5.74) is 4.76. The van der Waals surface area contributed by atoms with Crippen molar-refractivity contribution in [2.24, 2.45) is 0 Å². The van der Waals surface area contributed by atoms with Crippen molar-refractivity contribution < 1.29 is 19.3 Å². The maximum atomic E-state index is 9.96. The highest BCUT2D eigenvalue weighted by Crippen LogP contribution is 2.36. The predicted octanol–water partition coefficient (Wildman–Crippen LogP) is 4.90. The monoisotopic (exact) mass is 387 g/mol. The van der Waals surface area contributed by atoms with Gasteiger partial charge in [0.1, 0.15) is 37.4 Å². The van der Waals surface area contributed by atoms with E-state index in [4.69, 9.17) is 14.2 Å². The molecule has 0 unspecified atom stereocenters. The molecule has 3 aromatic carbocycles. The molecule has 0 spiro atoms. The third-order valence-corrected chi connectivity index (χ3v) is 4.99. The lowest BCUT2D eigenvalue weighted by Gasteiger charge is -2.19. The van der Waals surface area contributed by atoms with Gasteiger partial charge in [0.2, 0.25) is 0 Å². The van der Waals surface area contributed by atoms with E-state index in [1.807, 2.05) is 56.3 Å². The van der Waals surface area contributed by atoms with Crippen LogP contribution >= 0.6 is 0 Å². The third-order valence-electron chi connectivity index (χ3n) is 4.99. The average Bonchev–Trinajstić information content (AvgIpc) is 2.74. The largest absolute Gasteiger partial charge is 0.508 e. The summed E-state index contributed by atoms with van der Waals surface area (Å²) in [6.07, 6.45) is 0. The zero-order chi connectivity index (χ0) is 20.4. The van der Waals surface area contributed by atoms with E-state index in [-0.39, 0.29) is 12.4 Å². The number of nitrogens with zero attached hydrogens (tertiary/aromatic N) is 1. The Morgan fingerprint density at radius 2 is 1.79 bits per heavy atom. The number of hydrogen-bond donors (Lipinski definition) is 1. The van der Waals surface area contributed by atoms with E-state index < -0.39 is 0 Å². The predicted molar refractivity (Wildman–Crippen MR) is 109 cm³/mol. The van der Waals surface area contributed by atoms with Gasteiger partial charge >= 0.3 is 0 Å². The molecule has 0 radical (unpaired) electrons. The fourth-order valence-electron chi connectivity index (χ4n) is 3.44.